The van der Waals surface area contributed by atoms with E-state index in [1.54, 1.807) is 19.1 Å². The molecule has 0 aliphatic carbocycles. The summed E-state index contributed by atoms with van der Waals surface area (Å²) in [5, 5.41) is 6.26. The van der Waals surface area contributed by atoms with Crippen LogP contribution in [0.5, 0.6) is 0 Å². The Labute approximate surface area is 164 Å². The van der Waals surface area contributed by atoms with E-state index in [1.165, 1.54) is 0 Å². The Morgan fingerprint density at radius 1 is 1.22 bits per heavy atom. The second-order valence-electron chi connectivity index (χ2n) is 6.78. The lowest BCUT2D eigenvalue weighted by atomic mass is 9.95. The summed E-state index contributed by atoms with van der Waals surface area (Å²) in [7, 11) is 2.09. The molecular weight excluding hydrogens is 368 g/mol. The number of hydrogen-bond acceptors (Lipinski definition) is 5. The van der Waals surface area contributed by atoms with Gasteiger partial charge in [-0.15, -0.1) is 0 Å². The van der Waals surface area contributed by atoms with Gasteiger partial charge in [-0.2, -0.15) is 0 Å². The van der Waals surface area contributed by atoms with E-state index in [-0.39, 0.29) is 12.6 Å². The number of nitrogens with one attached hydrogen (secondary N) is 2. The molecule has 7 nitrogen and oxygen atoms in total. The maximum Gasteiger partial charge on any atom is 0.338 e. The topological polar surface area (TPSA) is 73.9 Å². The number of esters is 1. The number of piperazine rings is 1. The van der Waals surface area contributed by atoms with E-state index in [2.05, 4.69) is 27.5 Å². The molecule has 27 heavy (non-hydrogen) atoms. The number of halogens is 1. The van der Waals surface area contributed by atoms with Crippen LogP contribution in [0.1, 0.15) is 18.5 Å². The number of hydrogen-bond donors (Lipinski definition) is 2. The molecule has 0 saturated carbocycles. The summed E-state index contributed by atoms with van der Waals surface area (Å²) in [5.41, 5.74) is 1.83. The summed E-state index contributed by atoms with van der Waals surface area (Å²) < 4.78 is 5.29. The van der Waals surface area contributed by atoms with Crippen LogP contribution in [0.15, 0.2) is 35.5 Å². The number of amides is 2. The van der Waals surface area contributed by atoms with Gasteiger partial charge in [0.15, 0.2) is 0 Å². The van der Waals surface area contributed by atoms with E-state index in [0.29, 0.717) is 22.8 Å². The first-order valence-electron chi connectivity index (χ1n) is 9.12. The highest BCUT2D eigenvalue weighted by Gasteiger charge is 2.34. The number of nitrogens with zero attached hydrogens (tertiary/aromatic N) is 2. The van der Waals surface area contributed by atoms with E-state index >= 15 is 0 Å². The first-order chi connectivity index (χ1) is 13.0. The van der Waals surface area contributed by atoms with Crippen molar-refractivity contribution in [3.8, 4) is 0 Å². The van der Waals surface area contributed by atoms with Crippen LogP contribution >= 0.6 is 11.6 Å². The molecule has 1 saturated heterocycles. The lowest BCUT2D eigenvalue weighted by Crippen LogP contribution is -2.51. The van der Waals surface area contributed by atoms with Gasteiger partial charge < -0.3 is 20.3 Å². The van der Waals surface area contributed by atoms with Crippen LogP contribution in [0.2, 0.25) is 5.02 Å². The third kappa shape index (κ3) is 4.80. The van der Waals surface area contributed by atoms with Crippen LogP contribution in [0, 0.1) is 0 Å². The highest BCUT2D eigenvalue weighted by Crippen LogP contribution is 2.29. The Balaban J connectivity index is 1.94. The fourth-order valence-corrected chi connectivity index (χ4v) is 3.45. The molecule has 2 aliphatic heterocycles. The van der Waals surface area contributed by atoms with Crippen LogP contribution in [0.3, 0.4) is 0 Å². The second-order valence-corrected chi connectivity index (χ2v) is 7.21. The Kier molecular flexibility index (Phi) is 6.36. The fourth-order valence-electron chi connectivity index (χ4n) is 3.33. The highest BCUT2D eigenvalue weighted by atomic mass is 35.5. The van der Waals surface area contributed by atoms with Crippen LogP contribution in [0.4, 0.5) is 4.79 Å². The summed E-state index contributed by atoms with van der Waals surface area (Å²) in [6.45, 7) is 6.20. The molecule has 3 rings (SSSR count). The normalized spacial score (nSPS) is 21.6. The van der Waals surface area contributed by atoms with E-state index in [0.717, 1.165) is 31.7 Å². The van der Waals surface area contributed by atoms with Crippen molar-refractivity contribution < 1.29 is 14.3 Å². The van der Waals surface area contributed by atoms with Gasteiger partial charge in [0.05, 0.1) is 18.2 Å². The van der Waals surface area contributed by atoms with E-state index in [9.17, 15) is 9.59 Å². The predicted octanol–water partition coefficient (Wildman–Crippen LogP) is 1.76. The lowest BCUT2D eigenvalue weighted by Gasteiger charge is -2.35. The maximum atomic E-state index is 12.7. The van der Waals surface area contributed by atoms with Crippen molar-refractivity contribution in [3.05, 3.63) is 46.1 Å². The molecule has 2 amide bonds. The van der Waals surface area contributed by atoms with Gasteiger partial charge in [0, 0.05) is 43.4 Å². The number of carbonyl (C=O) groups excluding carboxylic acids is 2. The summed E-state index contributed by atoms with van der Waals surface area (Å²) in [6, 6.07) is 6.21. The monoisotopic (exact) mass is 392 g/mol. The lowest BCUT2D eigenvalue weighted by molar-refractivity contribution is -0.139. The van der Waals surface area contributed by atoms with Gasteiger partial charge in [-0.25, -0.2) is 9.59 Å². The first-order valence-corrected chi connectivity index (χ1v) is 9.49. The van der Waals surface area contributed by atoms with Crippen molar-refractivity contribution in [2.24, 2.45) is 0 Å². The molecule has 1 atom stereocenters. The zero-order valence-electron chi connectivity index (χ0n) is 15.6. The van der Waals surface area contributed by atoms with E-state index in [1.807, 2.05) is 12.1 Å². The molecule has 0 bridgehead atoms. The van der Waals surface area contributed by atoms with Gasteiger partial charge in [-0.05, 0) is 31.7 Å². The smallest absolute Gasteiger partial charge is 0.338 e. The summed E-state index contributed by atoms with van der Waals surface area (Å²) in [5.74, 6) is -0.422. The maximum absolute atomic E-state index is 12.7. The third-order valence-corrected chi connectivity index (χ3v) is 5.08. The molecule has 0 radical (unpaired) electrons. The van der Waals surface area contributed by atoms with Crippen molar-refractivity contribution in [3.63, 3.8) is 0 Å². The summed E-state index contributed by atoms with van der Waals surface area (Å²) in [4.78, 5) is 29.5. The molecule has 2 aliphatic rings. The largest absolute Gasteiger partial charge is 0.463 e. The van der Waals surface area contributed by atoms with Crippen LogP contribution < -0.4 is 10.6 Å². The molecular formula is C19H25ClN4O3. The third-order valence-electron chi connectivity index (χ3n) is 4.83. The molecule has 1 fully saturated rings. The molecule has 1 aromatic rings. The quantitative estimate of drug-likeness (QED) is 0.747. The Morgan fingerprint density at radius 3 is 2.52 bits per heavy atom. The zero-order valence-corrected chi connectivity index (χ0v) is 16.4. The van der Waals surface area contributed by atoms with Crippen molar-refractivity contribution in [1.82, 2.24) is 20.4 Å². The predicted molar refractivity (Wildman–Crippen MR) is 103 cm³/mol. The van der Waals surface area contributed by atoms with Crippen molar-refractivity contribution in [2.45, 2.75) is 13.0 Å². The van der Waals surface area contributed by atoms with Gasteiger partial charge in [-0.3, -0.25) is 4.90 Å². The van der Waals surface area contributed by atoms with Crippen LogP contribution in [0.25, 0.3) is 0 Å². The zero-order chi connectivity index (χ0) is 19.4. The number of benzene rings is 1. The van der Waals surface area contributed by atoms with Gasteiger partial charge >= 0.3 is 12.0 Å². The molecule has 0 aromatic heterocycles. The SMILES string of the molecule is CCOC(=O)C1=C(CN2CCN(C)CC2)NC(=O)NC1c1ccc(Cl)cc1. The number of urea groups is 1. The summed E-state index contributed by atoms with van der Waals surface area (Å²) in [6.07, 6.45) is 0. The second kappa shape index (κ2) is 8.73. The van der Waals surface area contributed by atoms with Crippen LogP contribution in [-0.2, 0) is 9.53 Å². The molecule has 1 aromatic carbocycles. The average Bonchev–Trinajstić information content (AvgIpc) is 2.64. The molecule has 2 heterocycles. The van der Waals surface area contributed by atoms with Gasteiger partial charge in [0.2, 0.25) is 0 Å². The van der Waals surface area contributed by atoms with Crippen molar-refractivity contribution in [2.75, 3.05) is 46.4 Å². The number of rotatable bonds is 5. The number of likely N-dealkylation sites (N-methyl/N-ethyl adjacent to an activating group) is 1. The number of carbonyl (C=O) groups is 2. The summed E-state index contributed by atoms with van der Waals surface area (Å²) >= 11 is 5.98. The molecule has 0 spiro atoms. The fraction of sp³-hybridized carbons (Fsp3) is 0.474. The first kappa shape index (κ1) is 19.7. The molecule has 8 heteroatoms. The minimum Gasteiger partial charge on any atom is -0.463 e. The molecule has 146 valence electrons. The van der Waals surface area contributed by atoms with Gasteiger partial charge in [0.1, 0.15) is 0 Å². The average molecular weight is 393 g/mol. The molecule has 1 unspecified atom stereocenters. The minimum atomic E-state index is -0.572. The van der Waals surface area contributed by atoms with Crippen LogP contribution in [-0.4, -0.2) is 68.2 Å². The van der Waals surface area contributed by atoms with Crippen molar-refractivity contribution in [1.29, 1.82) is 0 Å². The van der Waals surface area contributed by atoms with E-state index < -0.39 is 12.0 Å². The molecule has 2 N–H and O–H groups in total. The van der Waals surface area contributed by atoms with Crippen molar-refractivity contribution >= 4 is 23.6 Å². The van der Waals surface area contributed by atoms with E-state index in [4.69, 9.17) is 16.3 Å². The van der Waals surface area contributed by atoms with Gasteiger partial charge in [-0.1, -0.05) is 23.7 Å². The Hall–Kier alpha value is -2.09. The standard InChI is InChI=1S/C19H25ClN4O3/c1-3-27-18(25)16-15(12-24-10-8-23(2)9-11-24)21-19(26)22-17(16)13-4-6-14(20)7-5-13/h4-7,17H,3,8-12H2,1-2H3,(H2,21,22,26). The Morgan fingerprint density at radius 2 is 1.89 bits per heavy atom. The minimum absolute atomic E-state index is 0.269. The van der Waals surface area contributed by atoms with Gasteiger partial charge in [0.25, 0.3) is 0 Å². The highest BCUT2D eigenvalue weighted by molar-refractivity contribution is 6.30. The Bertz CT molecular complexity index is 727. The number of ether oxygens (including phenoxy) is 1.